The second-order valence-corrected chi connectivity index (χ2v) is 5.94. The van der Waals surface area contributed by atoms with Gasteiger partial charge >= 0.3 is 0 Å². The van der Waals surface area contributed by atoms with E-state index in [4.69, 9.17) is 0 Å². The molecule has 3 nitrogen and oxygen atoms in total. The van der Waals surface area contributed by atoms with Crippen LogP contribution in [0.2, 0.25) is 0 Å². The van der Waals surface area contributed by atoms with Crippen molar-refractivity contribution in [3.8, 4) is 22.4 Å². The van der Waals surface area contributed by atoms with E-state index in [1.54, 1.807) is 12.1 Å². The molecule has 0 bridgehead atoms. The van der Waals surface area contributed by atoms with Crippen molar-refractivity contribution in [2.45, 2.75) is 0 Å². The molecular weight excluding hydrogens is 311 g/mol. The van der Waals surface area contributed by atoms with Gasteiger partial charge in [0.2, 0.25) is 0 Å². The van der Waals surface area contributed by atoms with Crippen molar-refractivity contribution in [2.24, 2.45) is 0 Å². The molecular formula is C18H11FN2OS. The lowest BCUT2D eigenvalue weighted by Gasteiger charge is -2.07. The van der Waals surface area contributed by atoms with E-state index in [0.29, 0.717) is 15.9 Å². The molecule has 112 valence electrons. The summed E-state index contributed by atoms with van der Waals surface area (Å²) in [7, 11) is 0. The van der Waals surface area contributed by atoms with Crippen LogP contribution in [0.5, 0.6) is 0 Å². The Morgan fingerprint density at radius 1 is 0.957 bits per heavy atom. The van der Waals surface area contributed by atoms with Crippen molar-refractivity contribution in [3.63, 3.8) is 0 Å². The average molecular weight is 322 g/mol. The molecule has 2 aromatic heterocycles. The van der Waals surface area contributed by atoms with Gasteiger partial charge in [-0.05, 0) is 53.0 Å². The molecule has 0 saturated carbocycles. The van der Waals surface area contributed by atoms with Crippen molar-refractivity contribution < 1.29 is 4.39 Å². The Morgan fingerprint density at radius 3 is 2.43 bits per heavy atom. The first-order valence-corrected chi connectivity index (χ1v) is 7.87. The van der Waals surface area contributed by atoms with Gasteiger partial charge in [0.1, 0.15) is 10.6 Å². The maximum Gasteiger partial charge on any atom is 0.268 e. The summed E-state index contributed by atoms with van der Waals surface area (Å²) in [4.78, 5) is 17.3. The second kappa shape index (κ2) is 5.44. The Kier molecular flexibility index (Phi) is 3.28. The van der Waals surface area contributed by atoms with Crippen LogP contribution in [0.25, 0.3) is 32.6 Å². The molecule has 0 aliphatic heterocycles. The summed E-state index contributed by atoms with van der Waals surface area (Å²) >= 11 is 1.21. The highest BCUT2D eigenvalue weighted by Gasteiger charge is 2.14. The average Bonchev–Trinajstić information content (AvgIpc) is 2.97. The van der Waals surface area contributed by atoms with Crippen LogP contribution in [0.1, 0.15) is 0 Å². The summed E-state index contributed by atoms with van der Waals surface area (Å²) in [5.74, 6) is -0.288. The molecule has 0 saturated heterocycles. The van der Waals surface area contributed by atoms with Crippen molar-refractivity contribution in [3.05, 3.63) is 76.8 Å². The molecule has 0 aliphatic carbocycles. The molecule has 0 unspecified atom stereocenters. The number of rotatable bonds is 2. The molecule has 0 atom stereocenters. The van der Waals surface area contributed by atoms with Crippen LogP contribution in [-0.2, 0) is 0 Å². The first-order chi connectivity index (χ1) is 11.2. The van der Waals surface area contributed by atoms with E-state index < -0.39 is 0 Å². The van der Waals surface area contributed by atoms with Crippen LogP contribution in [0.15, 0.2) is 65.5 Å². The summed E-state index contributed by atoms with van der Waals surface area (Å²) in [5.41, 5.74) is 3.17. The van der Waals surface area contributed by atoms with E-state index in [1.165, 1.54) is 23.7 Å². The van der Waals surface area contributed by atoms with Crippen LogP contribution >= 0.6 is 11.5 Å². The molecule has 2 aromatic carbocycles. The first-order valence-electron chi connectivity index (χ1n) is 7.06. The topological polar surface area (TPSA) is 45.8 Å². The smallest absolute Gasteiger partial charge is 0.268 e. The van der Waals surface area contributed by atoms with Crippen LogP contribution in [-0.4, -0.2) is 9.36 Å². The number of halogens is 1. The Labute approximate surface area is 135 Å². The summed E-state index contributed by atoms with van der Waals surface area (Å²) in [6.45, 7) is 0. The lowest BCUT2D eigenvalue weighted by atomic mass is 10.0. The Hall–Kier alpha value is -2.79. The normalized spacial score (nSPS) is 11.0. The highest BCUT2D eigenvalue weighted by atomic mass is 32.1. The number of benzene rings is 2. The Balaban J connectivity index is 2.02. The van der Waals surface area contributed by atoms with E-state index in [9.17, 15) is 9.18 Å². The lowest BCUT2D eigenvalue weighted by molar-refractivity contribution is 0.628. The van der Waals surface area contributed by atoms with Gasteiger partial charge in [0.05, 0.1) is 11.1 Å². The second-order valence-electron chi connectivity index (χ2n) is 5.14. The molecule has 4 aromatic rings. The SMILES string of the molecule is O=c1[nH]sc2nc(-c3ccc(F)cc3)cc(-c3ccccc3)c12. The highest BCUT2D eigenvalue weighted by molar-refractivity contribution is 7.12. The van der Waals surface area contributed by atoms with Gasteiger partial charge in [-0.1, -0.05) is 30.3 Å². The summed E-state index contributed by atoms with van der Waals surface area (Å²) in [6.07, 6.45) is 0. The van der Waals surface area contributed by atoms with Gasteiger partial charge in [-0.25, -0.2) is 9.37 Å². The van der Waals surface area contributed by atoms with Gasteiger partial charge in [0, 0.05) is 5.56 Å². The standard InChI is InChI=1S/C18H11FN2OS/c19-13-8-6-12(7-9-13)15-10-14(11-4-2-1-3-5-11)16-17(22)21-23-18(16)20-15/h1-10H,(H,21,22). The van der Waals surface area contributed by atoms with Crippen molar-refractivity contribution in [1.29, 1.82) is 0 Å². The highest BCUT2D eigenvalue weighted by Crippen LogP contribution is 2.31. The molecule has 0 aliphatic rings. The fourth-order valence-electron chi connectivity index (χ4n) is 2.57. The molecule has 1 N–H and O–H groups in total. The molecule has 23 heavy (non-hydrogen) atoms. The number of aromatic nitrogens is 2. The molecule has 0 radical (unpaired) electrons. The lowest BCUT2D eigenvalue weighted by Crippen LogP contribution is -1.99. The molecule has 0 amide bonds. The molecule has 5 heteroatoms. The van der Waals surface area contributed by atoms with E-state index in [-0.39, 0.29) is 11.4 Å². The summed E-state index contributed by atoms with van der Waals surface area (Å²) in [5, 5.41) is 0.590. The minimum atomic E-state index is -0.288. The molecule has 0 fully saturated rings. The van der Waals surface area contributed by atoms with Crippen molar-refractivity contribution >= 4 is 21.7 Å². The van der Waals surface area contributed by atoms with Gasteiger partial charge in [-0.3, -0.25) is 9.17 Å². The van der Waals surface area contributed by atoms with E-state index in [0.717, 1.165) is 16.7 Å². The fraction of sp³-hybridized carbons (Fsp3) is 0. The van der Waals surface area contributed by atoms with E-state index in [2.05, 4.69) is 9.36 Å². The first kappa shape index (κ1) is 13.8. The zero-order valence-corrected chi connectivity index (χ0v) is 12.7. The van der Waals surface area contributed by atoms with Crippen molar-refractivity contribution in [1.82, 2.24) is 9.36 Å². The third kappa shape index (κ3) is 2.45. The maximum atomic E-state index is 13.1. The zero-order valence-electron chi connectivity index (χ0n) is 11.9. The maximum absolute atomic E-state index is 13.1. The monoisotopic (exact) mass is 322 g/mol. The number of nitrogens with zero attached hydrogens (tertiary/aromatic N) is 1. The number of fused-ring (bicyclic) bond motifs is 1. The number of hydrogen-bond donors (Lipinski definition) is 1. The predicted octanol–water partition coefficient (Wildman–Crippen LogP) is 4.46. The van der Waals surface area contributed by atoms with Gasteiger partial charge in [-0.15, -0.1) is 0 Å². The molecule has 0 spiro atoms. The summed E-state index contributed by atoms with van der Waals surface area (Å²) in [6, 6.07) is 17.8. The van der Waals surface area contributed by atoms with Gasteiger partial charge < -0.3 is 0 Å². The van der Waals surface area contributed by atoms with E-state index in [1.807, 2.05) is 36.4 Å². The number of H-pyrrole nitrogens is 1. The fourth-order valence-corrected chi connectivity index (χ4v) is 3.31. The number of aromatic amines is 1. The van der Waals surface area contributed by atoms with Gasteiger partial charge in [0.25, 0.3) is 5.56 Å². The quantitative estimate of drug-likeness (QED) is 0.592. The van der Waals surface area contributed by atoms with Crippen LogP contribution in [0.4, 0.5) is 4.39 Å². The minimum Gasteiger partial charge on any atom is -0.275 e. The third-order valence-electron chi connectivity index (χ3n) is 3.68. The van der Waals surface area contributed by atoms with Crippen molar-refractivity contribution in [2.75, 3.05) is 0 Å². The minimum absolute atomic E-state index is 0.137. The van der Waals surface area contributed by atoms with Crippen LogP contribution in [0.3, 0.4) is 0 Å². The predicted molar refractivity (Wildman–Crippen MR) is 91.1 cm³/mol. The Morgan fingerprint density at radius 2 is 1.70 bits per heavy atom. The van der Waals surface area contributed by atoms with Gasteiger partial charge in [-0.2, -0.15) is 0 Å². The largest absolute Gasteiger partial charge is 0.275 e. The van der Waals surface area contributed by atoms with Crippen LogP contribution < -0.4 is 5.56 Å². The van der Waals surface area contributed by atoms with Gasteiger partial charge in [0.15, 0.2) is 0 Å². The molecule has 2 heterocycles. The number of hydrogen-bond acceptors (Lipinski definition) is 3. The van der Waals surface area contributed by atoms with E-state index >= 15 is 0 Å². The summed E-state index contributed by atoms with van der Waals surface area (Å²) < 4.78 is 15.9. The number of nitrogens with one attached hydrogen (secondary N) is 1. The number of pyridine rings is 1. The molecule has 4 rings (SSSR count). The third-order valence-corrected chi connectivity index (χ3v) is 4.45. The van der Waals surface area contributed by atoms with Crippen LogP contribution in [0, 0.1) is 5.82 Å². The zero-order chi connectivity index (χ0) is 15.8. The Bertz CT molecular complexity index is 1040.